The smallest absolute Gasteiger partial charge is 0.328 e. The van der Waals surface area contributed by atoms with Crippen molar-refractivity contribution in [2.24, 2.45) is 23.5 Å². The van der Waals surface area contributed by atoms with Gasteiger partial charge in [0.15, 0.2) is 11.6 Å². The van der Waals surface area contributed by atoms with Crippen molar-refractivity contribution in [3.8, 4) is 5.75 Å². The summed E-state index contributed by atoms with van der Waals surface area (Å²) in [6.07, 6.45) is 3.16. The number of carbonyl (C=O) groups excluding carboxylic acids is 5. The molecule has 8 nitrogen and oxygen atoms in total. The molecule has 33 heavy (non-hydrogen) atoms. The molecule has 1 aromatic rings. The molecule has 168 valence electrons. The van der Waals surface area contributed by atoms with Crippen LogP contribution in [0.15, 0.2) is 51.6 Å². The number of nitrogens with zero attached hydrogens (tertiary/aromatic N) is 1. The van der Waals surface area contributed by atoms with E-state index in [9.17, 15) is 29.1 Å². The highest BCUT2D eigenvalue weighted by Gasteiger charge is 2.57. The van der Waals surface area contributed by atoms with E-state index in [1.165, 1.54) is 24.3 Å². The van der Waals surface area contributed by atoms with Crippen molar-refractivity contribution in [2.75, 3.05) is 0 Å². The second-order valence-electron chi connectivity index (χ2n) is 8.45. The molecule has 1 heterocycles. The number of fused-ring (bicyclic) bond motifs is 3. The number of Topliss-reactive ketones (excluding diaryl/α,β-unsaturated/α-hetero) is 1. The van der Waals surface area contributed by atoms with Crippen LogP contribution < -0.4 is 5.73 Å². The van der Waals surface area contributed by atoms with E-state index in [-0.39, 0.29) is 34.2 Å². The van der Waals surface area contributed by atoms with Crippen molar-refractivity contribution in [3.05, 3.63) is 62.1 Å². The number of nitrogens with two attached hydrogens (primary N) is 1. The standard InChI is InChI=1S/C23H16BrClN2O6/c24-14-7-16(29)19-13(20(14)30)6-11-9(17(19)12-5-8(25)1-4-15(12)28)2-3-10-18(11)22(32)27(21(10)31)23(26)33/h1-2,4-5,7,10-11,17-18,28H,3,6H2,(H2,26,33)/t10-,11+,17+,18-/m0/s1. The first-order valence-corrected chi connectivity index (χ1v) is 11.3. The number of hydrogen-bond donors (Lipinski definition) is 2. The van der Waals surface area contributed by atoms with E-state index in [1.54, 1.807) is 6.08 Å². The van der Waals surface area contributed by atoms with E-state index in [0.29, 0.717) is 21.1 Å². The molecule has 1 aliphatic heterocycles. The topological polar surface area (TPSA) is 135 Å². The zero-order valence-electron chi connectivity index (χ0n) is 16.9. The molecule has 0 spiro atoms. The number of carbonyl (C=O) groups is 5. The number of halogens is 2. The van der Waals surface area contributed by atoms with Gasteiger partial charge in [0.2, 0.25) is 11.8 Å². The fraction of sp³-hybridized carbons (Fsp3) is 0.261. The van der Waals surface area contributed by atoms with Gasteiger partial charge < -0.3 is 10.8 Å². The summed E-state index contributed by atoms with van der Waals surface area (Å²) in [6.45, 7) is 0. The van der Waals surface area contributed by atoms with Crippen LogP contribution in [0.1, 0.15) is 24.3 Å². The summed E-state index contributed by atoms with van der Waals surface area (Å²) < 4.78 is 0.0905. The van der Waals surface area contributed by atoms with E-state index in [4.69, 9.17) is 17.3 Å². The molecule has 10 heteroatoms. The Bertz CT molecular complexity index is 1300. The minimum Gasteiger partial charge on any atom is -0.508 e. The van der Waals surface area contributed by atoms with E-state index in [0.717, 1.165) is 0 Å². The van der Waals surface area contributed by atoms with Crippen molar-refractivity contribution >= 4 is 56.9 Å². The molecule has 1 fully saturated rings. The highest BCUT2D eigenvalue weighted by molar-refractivity contribution is 9.12. The quantitative estimate of drug-likeness (QED) is 0.325. The van der Waals surface area contributed by atoms with Gasteiger partial charge in [0.05, 0.1) is 16.3 Å². The number of allylic oxidation sites excluding steroid dienone is 6. The molecule has 1 saturated heterocycles. The van der Waals surface area contributed by atoms with E-state index in [1.807, 2.05) is 0 Å². The summed E-state index contributed by atoms with van der Waals surface area (Å²) >= 11 is 9.32. The lowest BCUT2D eigenvalue weighted by atomic mass is 9.59. The molecule has 0 radical (unpaired) electrons. The number of benzene rings is 1. The van der Waals surface area contributed by atoms with Crippen LogP contribution in [0, 0.1) is 17.8 Å². The number of rotatable bonds is 1. The molecule has 0 unspecified atom stereocenters. The molecule has 3 N–H and O–H groups in total. The molecule has 4 atom stereocenters. The summed E-state index contributed by atoms with van der Waals surface area (Å²) in [5.41, 5.74) is 6.65. The second-order valence-corrected chi connectivity index (χ2v) is 9.74. The normalized spacial score (nSPS) is 28.8. The van der Waals surface area contributed by atoms with Crippen LogP contribution in [0.4, 0.5) is 4.79 Å². The first-order valence-electron chi connectivity index (χ1n) is 10.2. The number of phenols is 1. The van der Waals surface area contributed by atoms with Crippen LogP contribution in [0.2, 0.25) is 5.02 Å². The summed E-state index contributed by atoms with van der Waals surface area (Å²) in [6, 6.07) is 3.27. The first kappa shape index (κ1) is 21.8. The van der Waals surface area contributed by atoms with Gasteiger partial charge in [0, 0.05) is 33.7 Å². The summed E-state index contributed by atoms with van der Waals surface area (Å²) in [5.74, 6) is -5.47. The Morgan fingerprint density at radius 2 is 1.88 bits per heavy atom. The third-order valence-electron chi connectivity index (χ3n) is 6.85. The SMILES string of the molecule is NC(=O)N1C(=O)[C@H]2[C@H](CC=C3[C@H](c4cc(Cl)ccc4O)C4=C(C[C@H]32)C(=O)C(Br)=CC4=O)C1=O. The van der Waals surface area contributed by atoms with Gasteiger partial charge in [-0.15, -0.1) is 0 Å². The third kappa shape index (κ3) is 3.06. The lowest BCUT2D eigenvalue weighted by Crippen LogP contribution is -2.42. The van der Waals surface area contributed by atoms with Crippen molar-refractivity contribution < 1.29 is 29.1 Å². The van der Waals surface area contributed by atoms with Crippen molar-refractivity contribution in [3.63, 3.8) is 0 Å². The van der Waals surface area contributed by atoms with E-state index < -0.39 is 53.1 Å². The first-order chi connectivity index (χ1) is 15.6. The summed E-state index contributed by atoms with van der Waals surface area (Å²) in [5, 5.41) is 11.0. The minimum absolute atomic E-state index is 0.0410. The Balaban J connectivity index is 1.73. The number of phenolic OH excluding ortho intramolecular Hbond substituents is 1. The molecular formula is C23H16BrClN2O6. The van der Waals surface area contributed by atoms with Gasteiger partial charge in [-0.3, -0.25) is 19.2 Å². The number of likely N-dealkylation sites (tertiary alicyclic amines) is 1. The van der Waals surface area contributed by atoms with E-state index in [2.05, 4.69) is 15.9 Å². The number of amides is 4. The average Bonchev–Trinajstić information content (AvgIpc) is 3.02. The maximum atomic E-state index is 13.1. The Hall–Kier alpha value is -3.04. The molecule has 0 bridgehead atoms. The van der Waals surface area contributed by atoms with E-state index >= 15 is 0 Å². The summed E-state index contributed by atoms with van der Waals surface area (Å²) in [7, 11) is 0. The lowest BCUT2D eigenvalue weighted by molar-refractivity contribution is -0.136. The number of primary amides is 1. The molecule has 4 amide bonds. The molecule has 4 aliphatic rings. The molecule has 1 aromatic carbocycles. The predicted octanol–water partition coefficient (Wildman–Crippen LogP) is 2.89. The Morgan fingerprint density at radius 3 is 2.58 bits per heavy atom. The average molecular weight is 532 g/mol. The van der Waals surface area contributed by atoms with Gasteiger partial charge in [0.25, 0.3) is 0 Å². The second kappa shape index (κ2) is 7.50. The number of urea groups is 1. The molecule has 3 aliphatic carbocycles. The van der Waals surface area contributed by atoms with Gasteiger partial charge >= 0.3 is 6.03 Å². The lowest BCUT2D eigenvalue weighted by Gasteiger charge is -2.42. The molecule has 0 aromatic heterocycles. The molecule has 0 saturated carbocycles. The van der Waals surface area contributed by atoms with Crippen molar-refractivity contribution in [1.82, 2.24) is 4.90 Å². The van der Waals surface area contributed by atoms with Gasteiger partial charge in [-0.25, -0.2) is 4.79 Å². The van der Waals surface area contributed by atoms with Crippen molar-refractivity contribution in [1.29, 1.82) is 0 Å². The van der Waals surface area contributed by atoms with Crippen LogP contribution in [-0.4, -0.2) is 39.4 Å². The Kier molecular flexibility index (Phi) is 4.95. The number of ketones is 2. The van der Waals surface area contributed by atoms with Crippen LogP contribution in [0.3, 0.4) is 0 Å². The summed E-state index contributed by atoms with van der Waals surface area (Å²) in [4.78, 5) is 64.2. The van der Waals surface area contributed by atoms with Crippen LogP contribution >= 0.6 is 27.5 Å². The van der Waals surface area contributed by atoms with Gasteiger partial charge in [-0.1, -0.05) is 23.3 Å². The molecule has 5 rings (SSSR count). The largest absolute Gasteiger partial charge is 0.508 e. The highest BCUT2D eigenvalue weighted by Crippen LogP contribution is 2.56. The fourth-order valence-corrected chi connectivity index (χ4v) is 6.16. The van der Waals surface area contributed by atoms with Crippen LogP contribution in [0.5, 0.6) is 5.75 Å². The maximum Gasteiger partial charge on any atom is 0.328 e. The predicted molar refractivity (Wildman–Crippen MR) is 119 cm³/mol. The minimum atomic E-state index is -1.14. The molecular weight excluding hydrogens is 516 g/mol. The highest BCUT2D eigenvalue weighted by atomic mass is 79.9. The van der Waals surface area contributed by atoms with Gasteiger partial charge in [0.1, 0.15) is 5.75 Å². The fourth-order valence-electron chi connectivity index (χ4n) is 5.54. The maximum absolute atomic E-state index is 13.1. The van der Waals surface area contributed by atoms with Crippen molar-refractivity contribution in [2.45, 2.75) is 18.8 Å². The van der Waals surface area contributed by atoms with Gasteiger partial charge in [-0.05, 0) is 52.9 Å². The Morgan fingerprint density at radius 1 is 1.15 bits per heavy atom. The zero-order valence-corrected chi connectivity index (χ0v) is 19.2. The number of imide groups is 3. The number of hydrogen-bond acceptors (Lipinski definition) is 6. The van der Waals surface area contributed by atoms with Gasteiger partial charge in [-0.2, -0.15) is 4.90 Å². The monoisotopic (exact) mass is 530 g/mol. The number of aromatic hydroxyl groups is 1. The van der Waals surface area contributed by atoms with Crippen LogP contribution in [-0.2, 0) is 19.2 Å². The van der Waals surface area contributed by atoms with Crippen LogP contribution in [0.25, 0.3) is 0 Å². The third-order valence-corrected chi connectivity index (χ3v) is 7.68. The zero-order chi connectivity index (χ0) is 23.8. The Labute approximate surface area is 200 Å².